The van der Waals surface area contributed by atoms with E-state index in [1.165, 1.54) is 12.8 Å². The number of likely N-dealkylation sites (N-methyl/N-ethyl adjacent to an activating group) is 1. The highest BCUT2D eigenvalue weighted by molar-refractivity contribution is 4.91. The van der Waals surface area contributed by atoms with Crippen LogP contribution in [0, 0.1) is 0 Å². The third kappa shape index (κ3) is 3.23. The first kappa shape index (κ1) is 13.9. The molecule has 0 radical (unpaired) electrons. The molecule has 0 aromatic carbocycles. The molecule has 0 saturated carbocycles. The summed E-state index contributed by atoms with van der Waals surface area (Å²) in [6, 6.07) is 0. The summed E-state index contributed by atoms with van der Waals surface area (Å²) in [5.74, 6) is 0. The van der Waals surface area contributed by atoms with Crippen molar-refractivity contribution in [2.45, 2.75) is 45.3 Å². The molecule has 0 rings (SSSR count). The van der Waals surface area contributed by atoms with Crippen LogP contribution in [0.3, 0.4) is 0 Å². The van der Waals surface area contributed by atoms with Crippen LogP contribution in [0.5, 0.6) is 0 Å². The third-order valence-electron chi connectivity index (χ3n) is 3.36. The van der Waals surface area contributed by atoms with Gasteiger partial charge in [0.1, 0.15) is 0 Å². The summed E-state index contributed by atoms with van der Waals surface area (Å²) in [5.41, 5.74) is 5.78. The lowest BCUT2D eigenvalue weighted by Gasteiger charge is -2.42. The monoisotopic (exact) mass is 202 g/mol. The fourth-order valence-electron chi connectivity index (χ4n) is 1.54. The van der Waals surface area contributed by atoms with Crippen LogP contribution in [-0.2, 0) is 4.74 Å². The van der Waals surface area contributed by atoms with Gasteiger partial charge in [-0.2, -0.15) is 0 Å². The molecule has 0 aliphatic carbocycles. The predicted octanol–water partition coefficient (Wildman–Crippen LogP) is 1.47. The molecule has 0 spiro atoms. The van der Waals surface area contributed by atoms with Crippen molar-refractivity contribution in [3.63, 3.8) is 0 Å². The maximum absolute atomic E-state index is 5.83. The van der Waals surface area contributed by atoms with E-state index in [0.717, 1.165) is 6.54 Å². The van der Waals surface area contributed by atoms with E-state index in [-0.39, 0.29) is 11.6 Å². The van der Waals surface area contributed by atoms with Crippen molar-refractivity contribution in [3.8, 4) is 0 Å². The van der Waals surface area contributed by atoms with E-state index in [0.29, 0.717) is 6.54 Å². The van der Waals surface area contributed by atoms with Crippen molar-refractivity contribution < 1.29 is 4.74 Å². The van der Waals surface area contributed by atoms with Crippen LogP contribution in [0.25, 0.3) is 0 Å². The Morgan fingerprint density at radius 3 is 2.43 bits per heavy atom. The zero-order chi connectivity index (χ0) is 11.2. The Labute approximate surface area is 88.6 Å². The van der Waals surface area contributed by atoms with Gasteiger partial charge in [0.2, 0.25) is 0 Å². The minimum absolute atomic E-state index is 0.0517. The summed E-state index contributed by atoms with van der Waals surface area (Å²) >= 11 is 0. The number of rotatable bonds is 7. The first-order valence-electron chi connectivity index (χ1n) is 5.47. The molecular weight excluding hydrogens is 176 g/mol. The van der Waals surface area contributed by atoms with Crippen LogP contribution in [-0.4, -0.2) is 43.8 Å². The number of unbranched alkanes of at least 4 members (excludes halogenated alkanes) is 1. The van der Waals surface area contributed by atoms with Gasteiger partial charge >= 0.3 is 0 Å². The van der Waals surface area contributed by atoms with Crippen molar-refractivity contribution in [1.29, 1.82) is 0 Å². The zero-order valence-corrected chi connectivity index (χ0v) is 10.3. The molecule has 14 heavy (non-hydrogen) atoms. The normalized spacial score (nSPS) is 18.2. The van der Waals surface area contributed by atoms with E-state index in [1.807, 2.05) is 0 Å². The van der Waals surface area contributed by atoms with Gasteiger partial charge in [0.05, 0.1) is 11.6 Å². The maximum Gasteiger partial charge on any atom is 0.0736 e. The van der Waals surface area contributed by atoms with Crippen LogP contribution in [0.2, 0.25) is 0 Å². The molecular formula is C11H26N2O. The topological polar surface area (TPSA) is 38.5 Å². The van der Waals surface area contributed by atoms with E-state index in [9.17, 15) is 0 Å². The average Bonchev–Trinajstić information content (AvgIpc) is 2.23. The minimum atomic E-state index is -0.0517. The minimum Gasteiger partial charge on any atom is -0.380 e. The average molecular weight is 202 g/mol. The number of ether oxygens (including phenoxy) is 1. The summed E-state index contributed by atoms with van der Waals surface area (Å²) in [6.07, 6.45) is 2.59. The van der Waals surface area contributed by atoms with Gasteiger partial charge in [0.25, 0.3) is 0 Å². The Morgan fingerprint density at radius 1 is 1.50 bits per heavy atom. The number of nitrogens with zero attached hydrogens (tertiary/aromatic N) is 1. The Hall–Kier alpha value is -0.120. The lowest BCUT2D eigenvalue weighted by atomic mass is 9.93. The SMILES string of the molecule is CCCCN(C)C(C)(CN)C(C)OC. The molecule has 3 nitrogen and oxygen atoms in total. The lowest BCUT2D eigenvalue weighted by Crippen LogP contribution is -2.57. The molecule has 0 saturated heterocycles. The van der Waals surface area contributed by atoms with Crippen LogP contribution >= 0.6 is 0 Å². The highest BCUT2D eigenvalue weighted by Crippen LogP contribution is 2.19. The second-order valence-corrected chi connectivity index (χ2v) is 4.21. The van der Waals surface area contributed by atoms with Crippen LogP contribution in [0.15, 0.2) is 0 Å². The molecule has 0 aromatic heterocycles. The number of hydrogen-bond donors (Lipinski definition) is 1. The van der Waals surface area contributed by atoms with Gasteiger partial charge in [-0.15, -0.1) is 0 Å². The summed E-state index contributed by atoms with van der Waals surface area (Å²) in [6.45, 7) is 8.15. The first-order valence-corrected chi connectivity index (χ1v) is 5.47. The second kappa shape index (κ2) is 6.38. The largest absolute Gasteiger partial charge is 0.380 e. The molecule has 0 amide bonds. The van der Waals surface area contributed by atoms with Crippen LogP contribution in [0.1, 0.15) is 33.6 Å². The van der Waals surface area contributed by atoms with Crippen molar-refractivity contribution in [2.75, 3.05) is 27.2 Å². The lowest BCUT2D eigenvalue weighted by molar-refractivity contribution is -0.0198. The van der Waals surface area contributed by atoms with E-state index in [4.69, 9.17) is 10.5 Å². The van der Waals surface area contributed by atoms with E-state index < -0.39 is 0 Å². The second-order valence-electron chi connectivity index (χ2n) is 4.21. The maximum atomic E-state index is 5.83. The molecule has 86 valence electrons. The first-order chi connectivity index (χ1) is 6.52. The van der Waals surface area contributed by atoms with Gasteiger partial charge in [-0.25, -0.2) is 0 Å². The molecule has 2 unspecified atom stereocenters. The third-order valence-corrected chi connectivity index (χ3v) is 3.36. The summed E-state index contributed by atoms with van der Waals surface area (Å²) in [5, 5.41) is 0. The molecule has 0 aliphatic heterocycles. The Balaban J connectivity index is 4.34. The molecule has 0 aliphatic rings. The van der Waals surface area contributed by atoms with Gasteiger partial charge in [-0.3, -0.25) is 4.90 Å². The number of methoxy groups -OCH3 is 1. The number of nitrogens with two attached hydrogens (primary N) is 1. The van der Waals surface area contributed by atoms with Gasteiger partial charge < -0.3 is 10.5 Å². The molecule has 3 heteroatoms. The Bertz CT molecular complexity index is 152. The zero-order valence-electron chi connectivity index (χ0n) is 10.3. The van der Waals surface area contributed by atoms with E-state index >= 15 is 0 Å². The highest BCUT2D eigenvalue weighted by Gasteiger charge is 2.33. The highest BCUT2D eigenvalue weighted by atomic mass is 16.5. The standard InChI is InChI=1S/C11H26N2O/c1-6-7-8-13(4)11(3,9-12)10(2)14-5/h10H,6-9,12H2,1-5H3. The van der Waals surface area contributed by atoms with E-state index in [2.05, 4.69) is 32.7 Å². The van der Waals surface area contributed by atoms with Crippen molar-refractivity contribution in [3.05, 3.63) is 0 Å². The van der Waals surface area contributed by atoms with Crippen LogP contribution < -0.4 is 5.73 Å². The van der Waals surface area contributed by atoms with Crippen LogP contribution in [0.4, 0.5) is 0 Å². The fraction of sp³-hybridized carbons (Fsp3) is 1.00. The van der Waals surface area contributed by atoms with Crippen molar-refractivity contribution >= 4 is 0 Å². The molecule has 0 bridgehead atoms. The van der Waals surface area contributed by atoms with Crippen molar-refractivity contribution in [1.82, 2.24) is 4.90 Å². The predicted molar refractivity (Wildman–Crippen MR) is 61.5 cm³/mol. The number of hydrogen-bond acceptors (Lipinski definition) is 3. The quantitative estimate of drug-likeness (QED) is 0.679. The smallest absolute Gasteiger partial charge is 0.0736 e. The van der Waals surface area contributed by atoms with Gasteiger partial charge in [0, 0.05) is 13.7 Å². The van der Waals surface area contributed by atoms with Gasteiger partial charge in [-0.1, -0.05) is 13.3 Å². The van der Waals surface area contributed by atoms with Crippen molar-refractivity contribution in [2.24, 2.45) is 5.73 Å². The molecule has 2 N–H and O–H groups in total. The molecule has 0 fully saturated rings. The molecule has 2 atom stereocenters. The molecule has 0 aromatic rings. The Kier molecular flexibility index (Phi) is 6.33. The van der Waals surface area contributed by atoms with Gasteiger partial charge in [0.15, 0.2) is 0 Å². The van der Waals surface area contributed by atoms with E-state index in [1.54, 1.807) is 7.11 Å². The van der Waals surface area contributed by atoms with Gasteiger partial charge in [-0.05, 0) is 33.9 Å². The fourth-order valence-corrected chi connectivity index (χ4v) is 1.54. The summed E-state index contributed by atoms with van der Waals surface area (Å²) < 4.78 is 5.39. The summed E-state index contributed by atoms with van der Waals surface area (Å²) in [4.78, 5) is 2.31. The Morgan fingerprint density at radius 2 is 2.07 bits per heavy atom. The molecule has 0 heterocycles. The summed E-state index contributed by atoms with van der Waals surface area (Å²) in [7, 11) is 3.87.